The van der Waals surface area contributed by atoms with Crippen LogP contribution in [0.1, 0.15) is 37.7 Å². The molecule has 3 nitrogen and oxygen atoms in total. The van der Waals surface area contributed by atoms with Crippen molar-refractivity contribution < 1.29 is 0 Å². The van der Waals surface area contributed by atoms with Gasteiger partial charge in [-0.25, -0.2) is 4.98 Å². The van der Waals surface area contributed by atoms with Crippen molar-refractivity contribution in [2.75, 3.05) is 25.5 Å². The Balaban J connectivity index is 2.24. The molecule has 0 aromatic carbocycles. The van der Waals surface area contributed by atoms with E-state index in [0.717, 1.165) is 12.4 Å². The Kier molecular flexibility index (Phi) is 3.67. The van der Waals surface area contributed by atoms with Gasteiger partial charge >= 0.3 is 0 Å². The highest BCUT2D eigenvalue weighted by atomic mass is 15.1. The molecule has 2 N–H and O–H groups in total. The molecule has 1 heterocycles. The number of anilines is 1. The standard InChI is InChI=1S/C14H23N3/c1-17(2)13-7-6-12(10-16-13)14(11-15)8-4-3-5-9-14/h6-7,10H,3-5,8-9,11,15H2,1-2H3. The lowest BCUT2D eigenvalue weighted by Gasteiger charge is -2.36. The first-order valence-corrected chi connectivity index (χ1v) is 6.52. The normalized spacial score (nSPS) is 19.0. The molecular formula is C14H23N3. The quantitative estimate of drug-likeness (QED) is 0.871. The van der Waals surface area contributed by atoms with Gasteiger partial charge in [-0.15, -0.1) is 0 Å². The van der Waals surface area contributed by atoms with Crippen LogP contribution in [0.15, 0.2) is 18.3 Å². The number of pyridine rings is 1. The van der Waals surface area contributed by atoms with Gasteiger partial charge in [0, 0.05) is 32.3 Å². The van der Waals surface area contributed by atoms with E-state index in [9.17, 15) is 0 Å². The molecule has 0 atom stereocenters. The van der Waals surface area contributed by atoms with E-state index in [0.29, 0.717) is 0 Å². The Morgan fingerprint density at radius 3 is 2.41 bits per heavy atom. The summed E-state index contributed by atoms with van der Waals surface area (Å²) < 4.78 is 0. The Hall–Kier alpha value is -1.09. The van der Waals surface area contributed by atoms with Gasteiger partial charge < -0.3 is 10.6 Å². The molecule has 0 radical (unpaired) electrons. The van der Waals surface area contributed by atoms with E-state index in [1.165, 1.54) is 37.7 Å². The molecular weight excluding hydrogens is 210 g/mol. The lowest BCUT2D eigenvalue weighted by Crippen LogP contribution is -2.37. The molecule has 2 rings (SSSR count). The topological polar surface area (TPSA) is 42.1 Å². The third kappa shape index (κ3) is 2.44. The number of hydrogen-bond donors (Lipinski definition) is 1. The largest absolute Gasteiger partial charge is 0.363 e. The van der Waals surface area contributed by atoms with Gasteiger partial charge in [0.15, 0.2) is 0 Å². The SMILES string of the molecule is CN(C)c1ccc(C2(CN)CCCCC2)cn1. The zero-order valence-electron chi connectivity index (χ0n) is 10.9. The van der Waals surface area contributed by atoms with Crippen molar-refractivity contribution >= 4 is 5.82 Å². The van der Waals surface area contributed by atoms with Crippen LogP contribution in [-0.2, 0) is 5.41 Å². The molecule has 17 heavy (non-hydrogen) atoms. The van der Waals surface area contributed by atoms with Crippen LogP contribution in [0.4, 0.5) is 5.82 Å². The highest BCUT2D eigenvalue weighted by Gasteiger charge is 2.32. The molecule has 0 unspecified atom stereocenters. The minimum absolute atomic E-state index is 0.191. The summed E-state index contributed by atoms with van der Waals surface area (Å²) in [5.74, 6) is 1.01. The molecule has 1 aliphatic carbocycles. The second-order valence-corrected chi connectivity index (χ2v) is 5.34. The number of hydrogen-bond acceptors (Lipinski definition) is 3. The predicted molar refractivity (Wildman–Crippen MR) is 72.4 cm³/mol. The highest BCUT2D eigenvalue weighted by Crippen LogP contribution is 2.38. The third-order valence-electron chi connectivity index (χ3n) is 4.02. The van der Waals surface area contributed by atoms with Crippen molar-refractivity contribution in [2.45, 2.75) is 37.5 Å². The van der Waals surface area contributed by atoms with Gasteiger partial charge in [0.2, 0.25) is 0 Å². The summed E-state index contributed by atoms with van der Waals surface area (Å²) in [5, 5.41) is 0. The summed E-state index contributed by atoms with van der Waals surface area (Å²) in [4.78, 5) is 6.54. The summed E-state index contributed by atoms with van der Waals surface area (Å²) in [6.45, 7) is 0.746. The Labute approximate surface area is 104 Å². The van der Waals surface area contributed by atoms with Gasteiger partial charge in [0.05, 0.1) is 0 Å². The summed E-state index contributed by atoms with van der Waals surface area (Å²) in [6, 6.07) is 4.31. The first kappa shape index (κ1) is 12.4. The zero-order valence-corrected chi connectivity index (χ0v) is 10.9. The molecule has 1 fully saturated rings. The van der Waals surface area contributed by atoms with Crippen LogP contribution in [0, 0.1) is 0 Å². The van der Waals surface area contributed by atoms with Crippen LogP contribution in [0.5, 0.6) is 0 Å². The lowest BCUT2D eigenvalue weighted by molar-refractivity contribution is 0.300. The van der Waals surface area contributed by atoms with Gasteiger partial charge in [-0.05, 0) is 24.5 Å². The predicted octanol–water partition coefficient (Wildman–Crippen LogP) is 2.31. The second-order valence-electron chi connectivity index (χ2n) is 5.34. The molecule has 1 aromatic rings. The minimum atomic E-state index is 0.191. The molecule has 0 bridgehead atoms. The van der Waals surface area contributed by atoms with Gasteiger partial charge in [0.1, 0.15) is 5.82 Å². The third-order valence-corrected chi connectivity index (χ3v) is 4.02. The van der Waals surface area contributed by atoms with E-state index < -0.39 is 0 Å². The fourth-order valence-corrected chi connectivity index (χ4v) is 2.80. The van der Waals surface area contributed by atoms with E-state index in [1.807, 2.05) is 25.2 Å². The number of rotatable bonds is 3. The van der Waals surface area contributed by atoms with Crippen LogP contribution in [0.3, 0.4) is 0 Å². The molecule has 1 saturated carbocycles. The first-order chi connectivity index (χ1) is 8.18. The zero-order chi connectivity index (χ0) is 12.3. The fourth-order valence-electron chi connectivity index (χ4n) is 2.80. The summed E-state index contributed by atoms with van der Waals surface area (Å²) >= 11 is 0. The molecule has 3 heteroatoms. The van der Waals surface area contributed by atoms with E-state index in [4.69, 9.17) is 5.73 Å². The van der Waals surface area contributed by atoms with Crippen molar-refractivity contribution in [3.8, 4) is 0 Å². The van der Waals surface area contributed by atoms with E-state index in [1.54, 1.807) is 0 Å². The van der Waals surface area contributed by atoms with Crippen LogP contribution < -0.4 is 10.6 Å². The molecule has 1 aromatic heterocycles. The van der Waals surface area contributed by atoms with Crippen molar-refractivity contribution in [3.05, 3.63) is 23.9 Å². The van der Waals surface area contributed by atoms with Crippen molar-refractivity contribution in [1.82, 2.24) is 4.98 Å². The highest BCUT2D eigenvalue weighted by molar-refractivity contribution is 5.39. The van der Waals surface area contributed by atoms with Gasteiger partial charge in [-0.2, -0.15) is 0 Å². The molecule has 94 valence electrons. The van der Waals surface area contributed by atoms with Crippen molar-refractivity contribution in [2.24, 2.45) is 5.73 Å². The van der Waals surface area contributed by atoms with E-state index in [-0.39, 0.29) is 5.41 Å². The monoisotopic (exact) mass is 233 g/mol. The van der Waals surface area contributed by atoms with Gasteiger partial charge in [-0.3, -0.25) is 0 Å². The Morgan fingerprint density at radius 2 is 1.94 bits per heavy atom. The second kappa shape index (κ2) is 5.05. The summed E-state index contributed by atoms with van der Waals surface area (Å²) in [6.07, 6.45) is 8.40. The smallest absolute Gasteiger partial charge is 0.127 e. The molecule has 0 aliphatic heterocycles. The first-order valence-electron chi connectivity index (χ1n) is 6.52. The van der Waals surface area contributed by atoms with E-state index in [2.05, 4.69) is 17.1 Å². The molecule has 1 aliphatic rings. The fraction of sp³-hybridized carbons (Fsp3) is 0.643. The van der Waals surface area contributed by atoms with Crippen LogP contribution in [0.25, 0.3) is 0 Å². The number of aromatic nitrogens is 1. The van der Waals surface area contributed by atoms with Crippen LogP contribution in [0.2, 0.25) is 0 Å². The maximum atomic E-state index is 6.03. The van der Waals surface area contributed by atoms with Crippen molar-refractivity contribution in [1.29, 1.82) is 0 Å². The summed E-state index contributed by atoms with van der Waals surface area (Å²) in [7, 11) is 4.03. The molecule has 0 amide bonds. The van der Waals surface area contributed by atoms with Crippen molar-refractivity contribution in [3.63, 3.8) is 0 Å². The average molecular weight is 233 g/mol. The lowest BCUT2D eigenvalue weighted by atomic mass is 9.70. The molecule has 0 spiro atoms. The Bertz CT molecular complexity index is 350. The van der Waals surface area contributed by atoms with Gasteiger partial charge in [0.25, 0.3) is 0 Å². The maximum absolute atomic E-state index is 6.03. The van der Waals surface area contributed by atoms with E-state index >= 15 is 0 Å². The minimum Gasteiger partial charge on any atom is -0.363 e. The van der Waals surface area contributed by atoms with Gasteiger partial charge in [-0.1, -0.05) is 25.3 Å². The Morgan fingerprint density at radius 1 is 1.24 bits per heavy atom. The van der Waals surface area contributed by atoms with Crippen LogP contribution in [-0.4, -0.2) is 25.6 Å². The maximum Gasteiger partial charge on any atom is 0.127 e. The molecule has 0 saturated heterocycles. The number of nitrogens with zero attached hydrogens (tertiary/aromatic N) is 2. The van der Waals surface area contributed by atoms with Crippen LogP contribution >= 0.6 is 0 Å². The summed E-state index contributed by atoms with van der Waals surface area (Å²) in [5.41, 5.74) is 7.54. The average Bonchev–Trinajstić information content (AvgIpc) is 2.39. The number of nitrogens with two attached hydrogens (primary N) is 1.